The topological polar surface area (TPSA) is 52.9 Å². The van der Waals surface area contributed by atoms with Gasteiger partial charge < -0.3 is 19.8 Å². The standard InChI is InChI=1S/C17H27NO3/c1-16(14-19,15-6-4-3-5-7-15)12-18(2)13-17(20)8-10-21-11-9-17/h3-7,19-20H,8-14H2,1-2H3. The van der Waals surface area contributed by atoms with Crippen LogP contribution in [-0.4, -0.2) is 60.7 Å². The van der Waals surface area contributed by atoms with Crippen LogP contribution < -0.4 is 0 Å². The predicted octanol–water partition coefficient (Wildman–Crippen LogP) is 1.41. The van der Waals surface area contributed by atoms with Crippen LogP contribution in [0.25, 0.3) is 0 Å². The summed E-state index contributed by atoms with van der Waals surface area (Å²) in [6, 6.07) is 10.1. The first kappa shape index (κ1) is 16.4. The number of aliphatic hydroxyl groups excluding tert-OH is 1. The van der Waals surface area contributed by atoms with Crippen LogP contribution in [0.15, 0.2) is 30.3 Å². The molecule has 0 saturated carbocycles. The van der Waals surface area contributed by atoms with Gasteiger partial charge >= 0.3 is 0 Å². The molecule has 4 heteroatoms. The molecule has 0 bridgehead atoms. The summed E-state index contributed by atoms with van der Waals surface area (Å²) in [5.74, 6) is 0. The average molecular weight is 293 g/mol. The Labute approximate surface area is 127 Å². The fourth-order valence-corrected chi connectivity index (χ4v) is 3.14. The number of aliphatic hydroxyl groups is 2. The van der Waals surface area contributed by atoms with Gasteiger partial charge in [-0.05, 0) is 12.6 Å². The van der Waals surface area contributed by atoms with Gasteiger partial charge in [0.15, 0.2) is 0 Å². The van der Waals surface area contributed by atoms with E-state index >= 15 is 0 Å². The van der Waals surface area contributed by atoms with E-state index in [1.54, 1.807) is 0 Å². The fourth-order valence-electron chi connectivity index (χ4n) is 3.14. The summed E-state index contributed by atoms with van der Waals surface area (Å²) in [5.41, 5.74) is 0.135. The molecule has 0 radical (unpaired) electrons. The van der Waals surface area contributed by atoms with E-state index in [0.717, 1.165) is 5.56 Å². The van der Waals surface area contributed by atoms with Crippen LogP contribution in [0.4, 0.5) is 0 Å². The lowest BCUT2D eigenvalue weighted by Gasteiger charge is -2.39. The summed E-state index contributed by atoms with van der Waals surface area (Å²) in [7, 11) is 2.00. The van der Waals surface area contributed by atoms with Crippen molar-refractivity contribution in [1.29, 1.82) is 0 Å². The van der Waals surface area contributed by atoms with Gasteiger partial charge in [-0.15, -0.1) is 0 Å². The lowest BCUT2D eigenvalue weighted by Crippen LogP contribution is -2.49. The van der Waals surface area contributed by atoms with Gasteiger partial charge in [-0.3, -0.25) is 0 Å². The van der Waals surface area contributed by atoms with Crippen molar-refractivity contribution >= 4 is 0 Å². The minimum Gasteiger partial charge on any atom is -0.395 e. The molecule has 2 N–H and O–H groups in total. The zero-order valence-electron chi connectivity index (χ0n) is 13.1. The number of hydrogen-bond donors (Lipinski definition) is 2. The van der Waals surface area contributed by atoms with Gasteiger partial charge in [0.1, 0.15) is 0 Å². The van der Waals surface area contributed by atoms with Crippen LogP contribution in [0.2, 0.25) is 0 Å². The van der Waals surface area contributed by atoms with Crippen LogP contribution in [0, 0.1) is 0 Å². The van der Waals surface area contributed by atoms with Gasteiger partial charge in [0.2, 0.25) is 0 Å². The molecular formula is C17H27NO3. The van der Waals surface area contributed by atoms with Crippen molar-refractivity contribution in [2.45, 2.75) is 30.8 Å². The predicted molar refractivity (Wildman–Crippen MR) is 83.4 cm³/mol. The van der Waals surface area contributed by atoms with Crippen molar-refractivity contribution in [2.75, 3.05) is 40.0 Å². The van der Waals surface area contributed by atoms with Crippen molar-refractivity contribution < 1.29 is 14.9 Å². The molecule has 0 aliphatic carbocycles. The minimum atomic E-state index is -0.667. The van der Waals surface area contributed by atoms with Gasteiger partial charge in [-0.1, -0.05) is 37.3 Å². The molecule has 0 spiro atoms. The molecule has 1 saturated heterocycles. The maximum absolute atomic E-state index is 10.6. The van der Waals surface area contributed by atoms with E-state index in [1.165, 1.54) is 0 Å². The molecule has 4 nitrogen and oxygen atoms in total. The second kappa shape index (κ2) is 6.88. The molecular weight excluding hydrogens is 266 g/mol. The van der Waals surface area contributed by atoms with Gasteiger partial charge in [0, 0.05) is 44.6 Å². The van der Waals surface area contributed by atoms with E-state index in [2.05, 4.69) is 11.8 Å². The highest BCUT2D eigenvalue weighted by Gasteiger charge is 2.34. The SMILES string of the molecule is CN(CC1(O)CCOCC1)CC(C)(CO)c1ccccc1. The molecule has 21 heavy (non-hydrogen) atoms. The van der Waals surface area contributed by atoms with Crippen molar-refractivity contribution in [3.05, 3.63) is 35.9 Å². The van der Waals surface area contributed by atoms with E-state index in [1.807, 2.05) is 37.4 Å². The lowest BCUT2D eigenvalue weighted by atomic mass is 9.82. The number of rotatable bonds is 6. The van der Waals surface area contributed by atoms with Crippen LogP contribution in [-0.2, 0) is 10.2 Å². The van der Waals surface area contributed by atoms with E-state index in [9.17, 15) is 10.2 Å². The third-order valence-corrected chi connectivity index (χ3v) is 4.43. The second-order valence-electron chi connectivity index (χ2n) is 6.59. The Morgan fingerprint density at radius 3 is 2.43 bits per heavy atom. The summed E-state index contributed by atoms with van der Waals surface area (Å²) in [5, 5.41) is 20.4. The highest BCUT2D eigenvalue weighted by Crippen LogP contribution is 2.26. The summed E-state index contributed by atoms with van der Waals surface area (Å²) < 4.78 is 5.32. The molecule has 1 fully saturated rings. The van der Waals surface area contributed by atoms with E-state index in [-0.39, 0.29) is 12.0 Å². The van der Waals surface area contributed by atoms with Crippen LogP contribution in [0.3, 0.4) is 0 Å². The Morgan fingerprint density at radius 1 is 1.24 bits per heavy atom. The van der Waals surface area contributed by atoms with E-state index in [4.69, 9.17) is 4.74 Å². The maximum Gasteiger partial charge on any atom is 0.0817 e. The quantitative estimate of drug-likeness (QED) is 0.833. The van der Waals surface area contributed by atoms with E-state index < -0.39 is 5.60 Å². The first-order valence-corrected chi connectivity index (χ1v) is 7.63. The van der Waals surface area contributed by atoms with Crippen molar-refractivity contribution in [2.24, 2.45) is 0 Å². The third-order valence-electron chi connectivity index (χ3n) is 4.43. The summed E-state index contributed by atoms with van der Waals surface area (Å²) in [6.07, 6.45) is 1.36. The Morgan fingerprint density at radius 2 is 1.86 bits per heavy atom. The highest BCUT2D eigenvalue weighted by molar-refractivity contribution is 5.25. The van der Waals surface area contributed by atoms with Crippen LogP contribution in [0.1, 0.15) is 25.3 Å². The molecule has 1 aliphatic rings. The average Bonchev–Trinajstić information content (AvgIpc) is 2.48. The first-order chi connectivity index (χ1) is 9.97. The molecule has 1 heterocycles. The van der Waals surface area contributed by atoms with E-state index in [0.29, 0.717) is 39.1 Å². The molecule has 1 aromatic rings. The number of ether oxygens (including phenoxy) is 1. The van der Waals surface area contributed by atoms with Crippen LogP contribution in [0.5, 0.6) is 0 Å². The number of nitrogens with zero attached hydrogens (tertiary/aromatic N) is 1. The second-order valence-corrected chi connectivity index (χ2v) is 6.59. The maximum atomic E-state index is 10.6. The summed E-state index contributed by atoms with van der Waals surface area (Å²) in [6.45, 7) is 4.71. The summed E-state index contributed by atoms with van der Waals surface area (Å²) >= 11 is 0. The highest BCUT2D eigenvalue weighted by atomic mass is 16.5. The molecule has 0 aromatic heterocycles. The van der Waals surface area contributed by atoms with Crippen molar-refractivity contribution in [1.82, 2.24) is 4.90 Å². The smallest absolute Gasteiger partial charge is 0.0817 e. The zero-order chi connectivity index (χ0) is 15.3. The molecule has 1 atom stereocenters. The normalized spacial score (nSPS) is 21.2. The van der Waals surface area contributed by atoms with Gasteiger partial charge in [-0.25, -0.2) is 0 Å². The Balaban J connectivity index is 2.01. The van der Waals surface area contributed by atoms with Crippen LogP contribution >= 0.6 is 0 Å². The third kappa shape index (κ3) is 4.27. The number of benzene rings is 1. The van der Waals surface area contributed by atoms with Gasteiger partial charge in [0.05, 0.1) is 12.2 Å². The molecule has 1 aromatic carbocycles. The Bertz CT molecular complexity index is 431. The van der Waals surface area contributed by atoms with Crippen molar-refractivity contribution in [3.63, 3.8) is 0 Å². The molecule has 118 valence electrons. The first-order valence-electron chi connectivity index (χ1n) is 7.63. The number of hydrogen-bond acceptors (Lipinski definition) is 4. The lowest BCUT2D eigenvalue weighted by molar-refractivity contribution is -0.0791. The molecule has 1 aliphatic heterocycles. The monoisotopic (exact) mass is 293 g/mol. The minimum absolute atomic E-state index is 0.0862. The number of likely N-dealkylation sites (N-methyl/N-ethyl adjacent to an activating group) is 1. The van der Waals surface area contributed by atoms with Gasteiger partial charge in [-0.2, -0.15) is 0 Å². The van der Waals surface area contributed by atoms with Gasteiger partial charge in [0.25, 0.3) is 0 Å². The zero-order valence-corrected chi connectivity index (χ0v) is 13.1. The van der Waals surface area contributed by atoms with Crippen molar-refractivity contribution in [3.8, 4) is 0 Å². The molecule has 2 rings (SSSR count). The Kier molecular flexibility index (Phi) is 5.38. The largest absolute Gasteiger partial charge is 0.395 e. The Hall–Kier alpha value is -0.940. The molecule has 1 unspecified atom stereocenters. The molecule has 0 amide bonds. The fraction of sp³-hybridized carbons (Fsp3) is 0.647. The summed E-state index contributed by atoms with van der Waals surface area (Å²) in [4.78, 5) is 2.12.